The largest absolute Gasteiger partial charge is 0.466 e. The van der Waals surface area contributed by atoms with Gasteiger partial charge in [-0.15, -0.1) is 0 Å². The predicted octanol–water partition coefficient (Wildman–Crippen LogP) is 6.35. The van der Waals surface area contributed by atoms with Crippen LogP contribution in [0.4, 0.5) is 5.69 Å². The van der Waals surface area contributed by atoms with Crippen molar-refractivity contribution in [1.29, 1.82) is 0 Å². The molecule has 0 aliphatic carbocycles. The second-order valence-corrected chi connectivity index (χ2v) is 11.6. The molecule has 11 heteroatoms. The van der Waals surface area contributed by atoms with E-state index in [4.69, 9.17) is 9.47 Å². The van der Waals surface area contributed by atoms with Crippen LogP contribution < -0.4 is 5.32 Å². The number of carbonyl (C=O) groups excluding carboxylic acids is 4. The van der Waals surface area contributed by atoms with E-state index in [1.165, 1.54) is 30.2 Å². The van der Waals surface area contributed by atoms with E-state index < -0.39 is 22.8 Å². The fourth-order valence-corrected chi connectivity index (χ4v) is 6.09. The highest BCUT2D eigenvalue weighted by Crippen LogP contribution is 2.40. The van der Waals surface area contributed by atoms with E-state index in [2.05, 4.69) is 5.32 Å². The van der Waals surface area contributed by atoms with Gasteiger partial charge in [0, 0.05) is 30.1 Å². The zero-order chi connectivity index (χ0) is 33.2. The monoisotopic (exact) mass is 631 g/mol. The van der Waals surface area contributed by atoms with Crippen molar-refractivity contribution in [3.63, 3.8) is 0 Å². The number of benzene rings is 2. The van der Waals surface area contributed by atoms with Crippen molar-refractivity contribution < 1.29 is 33.6 Å². The lowest BCUT2D eigenvalue weighted by Gasteiger charge is -2.30. The first kappa shape index (κ1) is 34.1. The van der Waals surface area contributed by atoms with E-state index in [0.717, 1.165) is 51.4 Å². The van der Waals surface area contributed by atoms with Gasteiger partial charge < -0.3 is 14.8 Å². The van der Waals surface area contributed by atoms with E-state index >= 15 is 0 Å². The van der Waals surface area contributed by atoms with Crippen molar-refractivity contribution in [2.24, 2.45) is 0 Å². The Kier molecular flexibility index (Phi) is 11.8. The first-order chi connectivity index (χ1) is 22.1. The Labute approximate surface area is 268 Å². The quantitative estimate of drug-likeness (QED) is 0.0736. The summed E-state index contributed by atoms with van der Waals surface area (Å²) in [5.41, 5.74) is 2.68. The number of esters is 2. The standard InChI is InChI=1S/C35H41N3O8/c1-23-29(34(41)45-3)31(25-16-15-17-26(22-25)38(43)44)30(24(2)36-23)35(42)46-21-14-10-8-6-4-5-7-9-13-20-37-32(39)27-18-11-12-19-28(27)33(37)40/h11-12,15-19,22,31,36H,4-10,13-14,20-21H2,1-3H3. The van der Waals surface area contributed by atoms with Crippen molar-refractivity contribution in [3.05, 3.63) is 97.9 Å². The Hall–Kier alpha value is -4.80. The van der Waals surface area contributed by atoms with E-state index in [1.54, 1.807) is 44.2 Å². The average Bonchev–Trinajstić information content (AvgIpc) is 3.29. The number of nitro benzene ring substituents is 1. The van der Waals surface area contributed by atoms with Crippen LogP contribution in [0.3, 0.4) is 0 Å². The molecule has 1 unspecified atom stereocenters. The second-order valence-electron chi connectivity index (χ2n) is 11.6. The number of hydrogen-bond donors (Lipinski definition) is 1. The lowest BCUT2D eigenvalue weighted by molar-refractivity contribution is -0.384. The lowest BCUT2D eigenvalue weighted by Crippen LogP contribution is -2.32. The van der Waals surface area contributed by atoms with E-state index in [-0.39, 0.29) is 35.3 Å². The Balaban J connectivity index is 1.17. The van der Waals surface area contributed by atoms with E-state index in [0.29, 0.717) is 41.1 Å². The highest BCUT2D eigenvalue weighted by Gasteiger charge is 2.38. The molecular formula is C35H41N3O8. The number of imide groups is 1. The smallest absolute Gasteiger partial charge is 0.336 e. The van der Waals surface area contributed by atoms with Crippen LogP contribution in [-0.4, -0.2) is 53.8 Å². The molecular weight excluding hydrogens is 590 g/mol. The lowest BCUT2D eigenvalue weighted by atomic mass is 9.80. The summed E-state index contributed by atoms with van der Waals surface area (Å²) in [6.45, 7) is 4.07. The SMILES string of the molecule is COC(=O)C1=C(C)NC(C)=C(C(=O)OCCCCCCCCCCCN2C(=O)c3ccccc3C2=O)C1c1cccc([N+](=O)[O-])c1. The maximum Gasteiger partial charge on any atom is 0.336 e. The molecule has 244 valence electrons. The van der Waals surface area contributed by atoms with Crippen molar-refractivity contribution >= 4 is 29.4 Å². The molecule has 2 amide bonds. The Bertz CT molecular complexity index is 1530. The Morgan fingerprint density at radius 3 is 1.91 bits per heavy atom. The van der Waals surface area contributed by atoms with Gasteiger partial charge in [0.2, 0.25) is 0 Å². The fraction of sp³-hybridized carbons (Fsp3) is 0.429. The molecule has 2 heterocycles. The number of unbranched alkanes of at least 4 members (excludes halogenated alkanes) is 8. The number of amides is 2. The molecule has 0 spiro atoms. The highest BCUT2D eigenvalue weighted by atomic mass is 16.6. The molecule has 0 radical (unpaired) electrons. The number of nitrogens with one attached hydrogen (secondary N) is 1. The summed E-state index contributed by atoms with van der Waals surface area (Å²) in [6.07, 6.45) is 8.58. The molecule has 2 aliphatic heterocycles. The minimum absolute atomic E-state index is 0.148. The molecule has 2 aromatic rings. The first-order valence-electron chi connectivity index (χ1n) is 15.8. The maximum atomic E-state index is 13.3. The van der Waals surface area contributed by atoms with Crippen molar-refractivity contribution in [1.82, 2.24) is 10.2 Å². The first-order valence-corrected chi connectivity index (χ1v) is 15.8. The Morgan fingerprint density at radius 1 is 0.804 bits per heavy atom. The van der Waals surface area contributed by atoms with Gasteiger partial charge in [0.15, 0.2) is 0 Å². The van der Waals surface area contributed by atoms with Gasteiger partial charge in [-0.25, -0.2) is 9.59 Å². The molecule has 1 N–H and O–H groups in total. The summed E-state index contributed by atoms with van der Waals surface area (Å²) in [5, 5.41) is 14.5. The minimum atomic E-state index is -0.881. The fourth-order valence-electron chi connectivity index (χ4n) is 6.09. The van der Waals surface area contributed by atoms with Crippen molar-refractivity contribution in [2.45, 2.75) is 77.6 Å². The van der Waals surface area contributed by atoms with Crippen LogP contribution in [0.2, 0.25) is 0 Å². The number of rotatable bonds is 16. The van der Waals surface area contributed by atoms with E-state index in [1.807, 2.05) is 0 Å². The zero-order valence-corrected chi connectivity index (χ0v) is 26.6. The number of carbonyl (C=O) groups is 4. The molecule has 0 fully saturated rings. The van der Waals surface area contributed by atoms with Crippen molar-refractivity contribution in [2.75, 3.05) is 20.3 Å². The van der Waals surface area contributed by atoms with Crippen LogP contribution in [0.1, 0.15) is 104 Å². The number of allylic oxidation sites excluding steroid dienone is 2. The van der Waals surface area contributed by atoms with Gasteiger partial charge in [-0.3, -0.25) is 24.6 Å². The van der Waals surface area contributed by atoms with Crippen LogP contribution in [0.5, 0.6) is 0 Å². The molecule has 0 aromatic heterocycles. The summed E-state index contributed by atoms with van der Waals surface area (Å²) >= 11 is 0. The molecule has 2 aliphatic rings. The third kappa shape index (κ3) is 7.88. The molecule has 2 aromatic carbocycles. The van der Waals surface area contributed by atoms with Gasteiger partial charge in [0.1, 0.15) is 0 Å². The zero-order valence-electron chi connectivity index (χ0n) is 26.6. The molecule has 0 bridgehead atoms. The summed E-state index contributed by atoms with van der Waals surface area (Å²) in [7, 11) is 1.25. The number of methoxy groups -OCH3 is 1. The highest BCUT2D eigenvalue weighted by molar-refractivity contribution is 6.21. The predicted molar refractivity (Wildman–Crippen MR) is 171 cm³/mol. The summed E-state index contributed by atoms with van der Waals surface area (Å²) in [4.78, 5) is 63.3. The topological polar surface area (TPSA) is 145 Å². The third-order valence-electron chi connectivity index (χ3n) is 8.44. The van der Waals surface area contributed by atoms with Gasteiger partial charge >= 0.3 is 11.9 Å². The minimum Gasteiger partial charge on any atom is -0.466 e. The van der Waals surface area contributed by atoms with E-state index in [9.17, 15) is 29.3 Å². The van der Waals surface area contributed by atoms with Gasteiger partial charge in [0.25, 0.3) is 17.5 Å². The van der Waals surface area contributed by atoms with Gasteiger partial charge in [0.05, 0.1) is 46.8 Å². The number of fused-ring (bicyclic) bond motifs is 1. The van der Waals surface area contributed by atoms with Crippen LogP contribution in [0.25, 0.3) is 0 Å². The molecule has 1 atom stereocenters. The van der Waals surface area contributed by atoms with Crippen LogP contribution >= 0.6 is 0 Å². The van der Waals surface area contributed by atoms with Gasteiger partial charge in [-0.05, 0) is 44.4 Å². The van der Waals surface area contributed by atoms with Crippen molar-refractivity contribution in [3.8, 4) is 0 Å². The molecule has 0 saturated carbocycles. The molecule has 11 nitrogen and oxygen atoms in total. The van der Waals surface area contributed by atoms with Gasteiger partial charge in [-0.1, -0.05) is 69.2 Å². The number of hydrogen-bond acceptors (Lipinski definition) is 9. The van der Waals surface area contributed by atoms with Crippen LogP contribution in [0.15, 0.2) is 71.1 Å². The number of nitro groups is 1. The third-order valence-corrected chi connectivity index (χ3v) is 8.44. The number of non-ortho nitro benzene ring substituents is 1. The number of nitrogens with zero attached hydrogens (tertiary/aromatic N) is 2. The van der Waals surface area contributed by atoms with Gasteiger partial charge in [-0.2, -0.15) is 0 Å². The average molecular weight is 632 g/mol. The van der Waals surface area contributed by atoms with Crippen LogP contribution in [-0.2, 0) is 19.1 Å². The normalized spacial score (nSPS) is 16.0. The molecule has 0 saturated heterocycles. The summed E-state index contributed by atoms with van der Waals surface area (Å²) < 4.78 is 10.6. The molecule has 4 rings (SSSR count). The molecule has 46 heavy (non-hydrogen) atoms. The van der Waals surface area contributed by atoms with Crippen LogP contribution in [0, 0.1) is 10.1 Å². The summed E-state index contributed by atoms with van der Waals surface area (Å²) in [5.74, 6) is -2.50. The summed E-state index contributed by atoms with van der Waals surface area (Å²) in [6, 6.07) is 12.8. The Morgan fingerprint density at radius 2 is 1.35 bits per heavy atom. The maximum absolute atomic E-state index is 13.3. The number of ether oxygens (including phenoxy) is 2. The second kappa shape index (κ2) is 16.0. The number of dihydropyridines is 1.